The third kappa shape index (κ3) is 5.37. The smallest absolute Gasteiger partial charge is 0.327 e. The van der Waals surface area contributed by atoms with Crippen molar-refractivity contribution in [3.05, 3.63) is 0 Å². The van der Waals surface area contributed by atoms with Crippen molar-refractivity contribution in [3.8, 4) is 12.3 Å². The summed E-state index contributed by atoms with van der Waals surface area (Å²) in [6.07, 6.45) is 7.28. The Hall–Kier alpha value is -1.54. The third-order valence-corrected chi connectivity index (χ3v) is 2.14. The number of aliphatic carboxylic acids is 1. The molecular formula is C11H18N2O3. The van der Waals surface area contributed by atoms with Crippen LogP contribution in [0.25, 0.3) is 0 Å². The standard InChI is InChI=1S/C11H18N2O3/c1-3-5-7-8(12)10(14)13-9(6-4-2)11(15)16/h2,8-9H,3,5-7,12H2,1H3,(H,13,14)(H,15,16)/t8-,9?/m0/s1. The molecule has 0 rings (SSSR count). The molecule has 0 fully saturated rings. The molecule has 0 aromatic heterocycles. The maximum atomic E-state index is 11.5. The Balaban J connectivity index is 4.18. The van der Waals surface area contributed by atoms with Gasteiger partial charge in [-0.1, -0.05) is 19.8 Å². The number of rotatable bonds is 7. The molecule has 0 radical (unpaired) electrons. The predicted octanol–water partition coefficient (Wildman–Crippen LogP) is 0.0966. The van der Waals surface area contributed by atoms with Crippen molar-refractivity contribution in [1.82, 2.24) is 5.32 Å². The molecule has 5 heteroatoms. The highest BCUT2D eigenvalue weighted by atomic mass is 16.4. The first-order chi connectivity index (χ1) is 7.52. The maximum Gasteiger partial charge on any atom is 0.327 e. The summed E-state index contributed by atoms with van der Waals surface area (Å²) in [7, 11) is 0. The Kier molecular flexibility index (Phi) is 6.97. The van der Waals surface area contributed by atoms with E-state index in [9.17, 15) is 9.59 Å². The van der Waals surface area contributed by atoms with Crippen LogP contribution in [-0.2, 0) is 9.59 Å². The molecule has 0 spiro atoms. The molecule has 1 unspecified atom stereocenters. The number of nitrogens with one attached hydrogen (secondary N) is 1. The first-order valence-corrected chi connectivity index (χ1v) is 5.25. The minimum atomic E-state index is -1.14. The number of carbonyl (C=O) groups is 2. The molecule has 0 aliphatic rings. The molecule has 0 aromatic rings. The fourth-order valence-electron chi connectivity index (χ4n) is 1.15. The lowest BCUT2D eigenvalue weighted by Crippen LogP contribution is -2.48. The number of carboxylic acid groups (broad SMARTS) is 1. The van der Waals surface area contributed by atoms with Gasteiger partial charge in [0.1, 0.15) is 6.04 Å². The summed E-state index contributed by atoms with van der Waals surface area (Å²) in [5.41, 5.74) is 5.59. The molecule has 16 heavy (non-hydrogen) atoms. The monoisotopic (exact) mass is 226 g/mol. The number of carbonyl (C=O) groups excluding carboxylic acids is 1. The quantitative estimate of drug-likeness (QED) is 0.537. The molecule has 0 aliphatic heterocycles. The summed E-state index contributed by atoms with van der Waals surface area (Å²) in [4.78, 5) is 22.2. The molecule has 0 heterocycles. The summed E-state index contributed by atoms with van der Waals surface area (Å²) >= 11 is 0. The number of hydrogen-bond donors (Lipinski definition) is 3. The van der Waals surface area contributed by atoms with Crippen LogP contribution in [-0.4, -0.2) is 29.1 Å². The van der Waals surface area contributed by atoms with Crippen LogP contribution in [0.15, 0.2) is 0 Å². The highest BCUT2D eigenvalue weighted by Gasteiger charge is 2.21. The zero-order chi connectivity index (χ0) is 12.6. The van der Waals surface area contributed by atoms with Crippen LogP contribution < -0.4 is 11.1 Å². The van der Waals surface area contributed by atoms with Crippen molar-refractivity contribution < 1.29 is 14.7 Å². The predicted molar refractivity (Wildman–Crippen MR) is 60.5 cm³/mol. The number of carboxylic acids is 1. The highest BCUT2D eigenvalue weighted by molar-refractivity contribution is 5.86. The number of amides is 1. The fraction of sp³-hybridized carbons (Fsp3) is 0.636. The van der Waals surface area contributed by atoms with Crippen LogP contribution in [0, 0.1) is 12.3 Å². The molecule has 2 atom stereocenters. The van der Waals surface area contributed by atoms with Gasteiger partial charge in [-0.3, -0.25) is 4.79 Å². The third-order valence-electron chi connectivity index (χ3n) is 2.14. The Labute approximate surface area is 95.4 Å². The molecule has 1 amide bonds. The normalized spacial score (nSPS) is 13.6. The van der Waals surface area contributed by atoms with Gasteiger partial charge in [-0.05, 0) is 6.42 Å². The Morgan fingerprint density at radius 3 is 2.62 bits per heavy atom. The molecule has 0 saturated heterocycles. The van der Waals surface area contributed by atoms with E-state index < -0.39 is 24.0 Å². The van der Waals surface area contributed by atoms with Crippen molar-refractivity contribution >= 4 is 11.9 Å². The van der Waals surface area contributed by atoms with Crippen molar-refractivity contribution in [2.24, 2.45) is 5.73 Å². The molecule has 4 N–H and O–H groups in total. The molecule has 0 saturated carbocycles. The zero-order valence-corrected chi connectivity index (χ0v) is 9.40. The van der Waals surface area contributed by atoms with E-state index in [1.54, 1.807) is 0 Å². The SMILES string of the molecule is C#CCC(NC(=O)[C@@H](N)CCCC)C(=O)O. The van der Waals surface area contributed by atoms with Gasteiger partial charge in [-0.2, -0.15) is 0 Å². The van der Waals surface area contributed by atoms with Crippen LogP contribution in [0.1, 0.15) is 32.6 Å². The highest BCUT2D eigenvalue weighted by Crippen LogP contribution is 1.99. The van der Waals surface area contributed by atoms with Gasteiger partial charge in [-0.25, -0.2) is 4.79 Å². The van der Waals surface area contributed by atoms with E-state index >= 15 is 0 Å². The van der Waals surface area contributed by atoms with E-state index in [-0.39, 0.29) is 6.42 Å². The number of hydrogen-bond acceptors (Lipinski definition) is 3. The second-order valence-corrected chi connectivity index (χ2v) is 3.56. The van der Waals surface area contributed by atoms with Crippen molar-refractivity contribution in [2.75, 3.05) is 0 Å². The minimum absolute atomic E-state index is 0.0401. The first kappa shape index (κ1) is 14.5. The van der Waals surface area contributed by atoms with Gasteiger partial charge in [0.05, 0.1) is 6.04 Å². The minimum Gasteiger partial charge on any atom is -0.480 e. The molecule has 5 nitrogen and oxygen atoms in total. The summed E-state index contributed by atoms with van der Waals surface area (Å²) in [5.74, 6) is 0.594. The van der Waals surface area contributed by atoms with Crippen LogP contribution in [0.3, 0.4) is 0 Å². The lowest BCUT2D eigenvalue weighted by molar-refractivity contribution is -0.141. The summed E-state index contributed by atoms with van der Waals surface area (Å²) in [5, 5.41) is 11.1. The summed E-state index contributed by atoms with van der Waals surface area (Å²) < 4.78 is 0. The van der Waals surface area contributed by atoms with Gasteiger partial charge in [0.2, 0.25) is 5.91 Å². The molecular weight excluding hydrogens is 208 g/mol. The van der Waals surface area contributed by atoms with Gasteiger partial charge in [-0.15, -0.1) is 12.3 Å². The second-order valence-electron chi connectivity index (χ2n) is 3.56. The topological polar surface area (TPSA) is 92.4 Å². The molecule has 0 bridgehead atoms. The van der Waals surface area contributed by atoms with Crippen LogP contribution in [0.2, 0.25) is 0 Å². The van der Waals surface area contributed by atoms with E-state index in [1.165, 1.54) is 0 Å². The average molecular weight is 226 g/mol. The van der Waals surface area contributed by atoms with Gasteiger partial charge in [0.25, 0.3) is 0 Å². The second kappa shape index (κ2) is 7.71. The Morgan fingerprint density at radius 1 is 1.56 bits per heavy atom. The van der Waals surface area contributed by atoms with E-state index in [4.69, 9.17) is 17.3 Å². The Bertz CT molecular complexity index is 283. The fourth-order valence-corrected chi connectivity index (χ4v) is 1.15. The molecule has 0 aromatic carbocycles. The van der Waals surface area contributed by atoms with Crippen LogP contribution >= 0.6 is 0 Å². The lowest BCUT2D eigenvalue weighted by atomic mass is 10.1. The summed E-state index contributed by atoms with van der Waals surface area (Å²) in [6.45, 7) is 1.99. The van der Waals surface area contributed by atoms with E-state index in [0.717, 1.165) is 12.8 Å². The zero-order valence-electron chi connectivity index (χ0n) is 9.40. The first-order valence-electron chi connectivity index (χ1n) is 5.25. The summed E-state index contributed by atoms with van der Waals surface area (Å²) in [6, 6.07) is -1.72. The van der Waals surface area contributed by atoms with Crippen molar-refractivity contribution in [2.45, 2.75) is 44.7 Å². The Morgan fingerprint density at radius 2 is 2.19 bits per heavy atom. The van der Waals surface area contributed by atoms with E-state index in [2.05, 4.69) is 11.2 Å². The van der Waals surface area contributed by atoms with Gasteiger partial charge >= 0.3 is 5.97 Å². The number of unbranched alkanes of at least 4 members (excludes halogenated alkanes) is 1. The van der Waals surface area contributed by atoms with Gasteiger partial charge < -0.3 is 16.2 Å². The van der Waals surface area contributed by atoms with E-state index in [1.807, 2.05) is 6.92 Å². The largest absolute Gasteiger partial charge is 0.480 e. The van der Waals surface area contributed by atoms with Gasteiger partial charge in [0, 0.05) is 6.42 Å². The number of terminal acetylenes is 1. The average Bonchev–Trinajstić information content (AvgIpc) is 2.24. The van der Waals surface area contributed by atoms with Crippen LogP contribution in [0.4, 0.5) is 0 Å². The molecule has 0 aliphatic carbocycles. The molecule has 90 valence electrons. The maximum absolute atomic E-state index is 11.5. The lowest BCUT2D eigenvalue weighted by Gasteiger charge is -2.15. The van der Waals surface area contributed by atoms with Crippen LogP contribution in [0.5, 0.6) is 0 Å². The number of nitrogens with two attached hydrogens (primary N) is 1. The van der Waals surface area contributed by atoms with E-state index in [0.29, 0.717) is 6.42 Å². The van der Waals surface area contributed by atoms with Crippen molar-refractivity contribution in [3.63, 3.8) is 0 Å². The van der Waals surface area contributed by atoms with Gasteiger partial charge in [0.15, 0.2) is 0 Å². The van der Waals surface area contributed by atoms with Crippen molar-refractivity contribution in [1.29, 1.82) is 0 Å².